The molecule has 324 valence electrons. The Morgan fingerprint density at radius 1 is 1.07 bits per heavy atom. The van der Waals surface area contributed by atoms with Crippen molar-refractivity contribution in [1.29, 1.82) is 0 Å². The van der Waals surface area contributed by atoms with Crippen LogP contribution in [0.4, 0.5) is 0 Å². The van der Waals surface area contributed by atoms with Crippen molar-refractivity contribution in [2.75, 3.05) is 27.9 Å². The average molecular weight is 850 g/mol. The molecular weight excluding hydrogens is 772 g/mol. The van der Waals surface area contributed by atoms with Gasteiger partial charge in [-0.25, -0.2) is 4.98 Å². The molecule has 0 N–H and O–H groups in total. The van der Waals surface area contributed by atoms with E-state index in [-0.39, 0.29) is 42.5 Å². The van der Waals surface area contributed by atoms with Crippen LogP contribution in [0.1, 0.15) is 113 Å². The van der Waals surface area contributed by atoms with Crippen molar-refractivity contribution in [1.82, 2.24) is 4.98 Å². The number of ether oxygens (including phenoxy) is 5. The minimum absolute atomic E-state index is 0.0387. The van der Waals surface area contributed by atoms with E-state index in [4.69, 9.17) is 42.2 Å². The summed E-state index contributed by atoms with van der Waals surface area (Å²) in [4.78, 5) is 4.95. The highest BCUT2D eigenvalue weighted by atomic mass is 32.1. The zero-order valence-electron chi connectivity index (χ0n) is 37.7. The van der Waals surface area contributed by atoms with E-state index in [1.807, 2.05) is 6.08 Å². The largest absolute Gasteiger partial charge is 0.448 e. The molecule has 0 spiro atoms. The smallest absolute Gasteiger partial charge is 0.380 e. The fourth-order valence-electron chi connectivity index (χ4n) is 9.32. The van der Waals surface area contributed by atoms with Gasteiger partial charge in [-0.3, -0.25) is 0 Å². The fraction of sp³-hybridized carbons (Fsp3) is 0.750. The van der Waals surface area contributed by atoms with Crippen molar-refractivity contribution in [2.24, 2.45) is 17.8 Å². The molecule has 57 heavy (non-hydrogen) atoms. The van der Waals surface area contributed by atoms with E-state index in [2.05, 4.69) is 129 Å². The zero-order valence-corrected chi connectivity index (χ0v) is 40.7. The SMILES string of the molecule is C=CC[C@H](/C=C/C(C)=C/[C@H](O[Si](C(C)C)(C(C)C)C(C)C)[C@H]1C[C@@H](OC)C[C@](Cc2nc(/C=C(\C)[C@@H]3O[C@H](CCOB(P)S)[C@H](C)[C@H](C)[C@H]3C)co2)(OC)O1)OC. The first-order valence-corrected chi connectivity index (χ1v) is 24.5. The second-order valence-electron chi connectivity index (χ2n) is 17.5. The highest BCUT2D eigenvalue weighted by Gasteiger charge is 2.51. The number of aromatic nitrogens is 1. The maximum absolute atomic E-state index is 7.54. The predicted molar refractivity (Wildman–Crippen MR) is 244 cm³/mol. The van der Waals surface area contributed by atoms with Gasteiger partial charge in [0, 0.05) is 40.8 Å². The van der Waals surface area contributed by atoms with E-state index >= 15 is 0 Å². The van der Waals surface area contributed by atoms with E-state index < -0.39 is 14.1 Å². The molecule has 9 nitrogen and oxygen atoms in total. The maximum Gasteiger partial charge on any atom is 0.380 e. The molecule has 0 aliphatic carbocycles. The summed E-state index contributed by atoms with van der Waals surface area (Å²) in [5.41, 5.74) is 4.10. The van der Waals surface area contributed by atoms with E-state index in [0.29, 0.717) is 66.1 Å². The normalized spacial score (nSPS) is 29.1. The summed E-state index contributed by atoms with van der Waals surface area (Å²) in [6.45, 7) is 29.5. The highest BCUT2D eigenvalue weighted by molar-refractivity contribution is 8.23. The third-order valence-electron chi connectivity index (χ3n) is 12.8. The van der Waals surface area contributed by atoms with Gasteiger partial charge in [-0.15, -0.1) is 15.7 Å². The number of hydrogen-bond acceptors (Lipinski definition) is 10. The number of allylic oxidation sites excluding steroid dienone is 2. The van der Waals surface area contributed by atoms with E-state index in [1.54, 1.807) is 27.6 Å². The number of methoxy groups -OCH3 is 3. The third-order valence-corrected chi connectivity index (χ3v) is 19.2. The van der Waals surface area contributed by atoms with Crippen LogP contribution in [0.25, 0.3) is 6.08 Å². The number of nitrogens with zero attached hydrogens (tertiary/aromatic N) is 1. The molecule has 3 heterocycles. The summed E-state index contributed by atoms with van der Waals surface area (Å²) < 4.78 is 51.3. The van der Waals surface area contributed by atoms with Gasteiger partial charge in [0.2, 0.25) is 8.32 Å². The molecule has 0 bridgehead atoms. The van der Waals surface area contributed by atoms with Crippen LogP contribution < -0.4 is 0 Å². The first-order valence-electron chi connectivity index (χ1n) is 21.1. The Bertz CT molecular complexity index is 1450. The molecular formula is C44H77BNO8PSSi. The molecule has 13 heteroatoms. The summed E-state index contributed by atoms with van der Waals surface area (Å²) in [6, 6.07) is 0. The van der Waals surface area contributed by atoms with Crippen LogP contribution >= 0.6 is 21.6 Å². The zero-order chi connectivity index (χ0) is 42.7. The van der Waals surface area contributed by atoms with Crippen molar-refractivity contribution in [3.05, 3.63) is 59.9 Å². The van der Waals surface area contributed by atoms with E-state index in [1.165, 1.54) is 0 Å². The van der Waals surface area contributed by atoms with Crippen molar-refractivity contribution in [2.45, 2.75) is 167 Å². The Morgan fingerprint density at radius 2 is 1.74 bits per heavy atom. The Balaban J connectivity index is 1.95. The van der Waals surface area contributed by atoms with Crippen molar-refractivity contribution < 1.29 is 37.2 Å². The minimum Gasteiger partial charge on any atom is -0.448 e. The van der Waals surface area contributed by atoms with Crippen LogP contribution in [0.3, 0.4) is 0 Å². The van der Waals surface area contributed by atoms with E-state index in [0.717, 1.165) is 29.7 Å². The van der Waals surface area contributed by atoms with Crippen molar-refractivity contribution in [3.8, 4) is 0 Å². The monoisotopic (exact) mass is 849 g/mol. The molecule has 0 amide bonds. The van der Waals surface area contributed by atoms with Crippen LogP contribution in [-0.4, -0.2) is 89.6 Å². The molecule has 1 aromatic rings. The van der Waals surface area contributed by atoms with Gasteiger partial charge in [0.05, 0.1) is 43.0 Å². The van der Waals surface area contributed by atoms with Gasteiger partial charge in [-0.2, -0.15) is 12.5 Å². The van der Waals surface area contributed by atoms with Gasteiger partial charge in [-0.1, -0.05) is 92.2 Å². The topological polar surface area (TPSA) is 90.6 Å². The highest BCUT2D eigenvalue weighted by Crippen LogP contribution is 2.46. The standard InChI is InChI=1S/C44H77BNO8PSSi/c1-16-17-37(47-13)19-18-31(8)22-41(54-57(28(2)3,29(4)5)30(6)7)40-24-38(48-14)25-44(49-15,53-40)26-42-46-36(27-50-42)23-32(9)43-35(12)33(10)34(11)39(52-43)20-21-51-45(55)56/h16,18-19,22-23,27-30,33-35,37-41,43,56H,1,17,20-21,24-26,55H2,2-15H3/b19-18+,31-22+,32-23+/t33-,34+,35+,37+,38+,39+,40+,41-,43-,44-/m0/s1. The second-order valence-corrected chi connectivity index (χ2v) is 24.6. The summed E-state index contributed by atoms with van der Waals surface area (Å²) in [5, 5.41) is 0. The van der Waals surface area contributed by atoms with Crippen molar-refractivity contribution in [3.63, 3.8) is 0 Å². The van der Waals surface area contributed by atoms with Crippen LogP contribution in [0, 0.1) is 17.8 Å². The molecule has 1 aromatic heterocycles. The lowest BCUT2D eigenvalue weighted by Crippen LogP contribution is -2.57. The Labute approximate surface area is 355 Å². The van der Waals surface area contributed by atoms with Gasteiger partial charge >= 0.3 is 5.91 Å². The molecule has 0 aromatic carbocycles. The maximum atomic E-state index is 7.54. The number of oxazole rings is 1. The van der Waals surface area contributed by atoms with Crippen LogP contribution in [-0.2, 0) is 39.2 Å². The van der Waals surface area contributed by atoms with Gasteiger partial charge in [-0.05, 0) is 72.7 Å². The summed E-state index contributed by atoms with van der Waals surface area (Å²) >= 11 is 4.34. The minimum atomic E-state index is -2.35. The summed E-state index contributed by atoms with van der Waals surface area (Å²) in [5.74, 6) is 0.557. The lowest BCUT2D eigenvalue weighted by molar-refractivity contribution is -0.297. The lowest BCUT2D eigenvalue weighted by atomic mass is 9.74. The Hall–Kier alpha value is -1.05. The van der Waals surface area contributed by atoms with Crippen LogP contribution in [0.5, 0.6) is 0 Å². The molecule has 11 atom stereocenters. The first-order chi connectivity index (χ1) is 26.9. The quantitative estimate of drug-likeness (QED) is 0.0403. The summed E-state index contributed by atoms with van der Waals surface area (Å²) in [7, 11) is 5.40. The number of thiol groups is 1. The third kappa shape index (κ3) is 13.5. The Kier molecular flexibility index (Phi) is 20.5. The van der Waals surface area contributed by atoms with Crippen molar-refractivity contribution >= 4 is 41.9 Å². The van der Waals surface area contributed by atoms with Gasteiger partial charge in [0.15, 0.2) is 11.7 Å². The molecule has 2 aliphatic heterocycles. The molecule has 1 unspecified atom stereocenters. The second kappa shape index (κ2) is 23.2. The van der Waals surface area contributed by atoms with Gasteiger partial charge < -0.3 is 37.2 Å². The molecule has 0 radical (unpaired) electrons. The Morgan fingerprint density at radius 3 is 2.30 bits per heavy atom. The lowest BCUT2D eigenvalue weighted by Gasteiger charge is -2.49. The fourth-order valence-corrected chi connectivity index (χ4v) is 15.1. The molecule has 2 fully saturated rings. The number of hydrogen-bond donors (Lipinski definition) is 1. The van der Waals surface area contributed by atoms with Gasteiger partial charge in [0.1, 0.15) is 12.0 Å². The van der Waals surface area contributed by atoms with Gasteiger partial charge in [0.25, 0.3) is 0 Å². The predicted octanol–water partition coefficient (Wildman–Crippen LogP) is 10.7. The molecule has 0 saturated carbocycles. The molecule has 2 aliphatic rings. The molecule has 3 rings (SSSR count). The van der Waals surface area contributed by atoms with E-state index in [9.17, 15) is 0 Å². The number of rotatable bonds is 22. The van der Waals surface area contributed by atoms with Crippen LogP contribution in [0.2, 0.25) is 16.6 Å². The van der Waals surface area contributed by atoms with Crippen LogP contribution in [0.15, 0.2) is 52.7 Å². The average Bonchev–Trinajstić information content (AvgIpc) is 3.59. The summed E-state index contributed by atoms with van der Waals surface area (Å²) in [6.07, 6.45) is 14.3. The molecule has 2 saturated heterocycles. The first kappa shape index (κ1) is 50.3.